The lowest BCUT2D eigenvalue weighted by atomic mass is 9.94. The van der Waals surface area contributed by atoms with Crippen LogP contribution in [0.4, 0.5) is 11.6 Å². The summed E-state index contributed by atoms with van der Waals surface area (Å²) in [6.45, 7) is 6.39. The number of allylic oxidation sites excluding steroid dienone is 1. The van der Waals surface area contributed by atoms with Gasteiger partial charge < -0.3 is 20.4 Å². The molecule has 8 nitrogen and oxygen atoms in total. The third-order valence-corrected chi connectivity index (χ3v) is 6.42. The number of fused-ring (bicyclic) bond motifs is 2. The van der Waals surface area contributed by atoms with E-state index < -0.39 is 6.04 Å². The molecule has 0 radical (unpaired) electrons. The average Bonchev–Trinajstić information content (AvgIpc) is 3.43. The molecule has 2 aromatic heterocycles. The molecule has 0 aliphatic carbocycles. The maximum Gasteiger partial charge on any atom is 0.255 e. The van der Waals surface area contributed by atoms with E-state index in [1.54, 1.807) is 11.8 Å². The molecular weight excluding hydrogens is 448 g/mol. The molecule has 9 heteroatoms. The summed E-state index contributed by atoms with van der Waals surface area (Å²) in [5.74, 6) is 1.88. The molecule has 3 heterocycles. The van der Waals surface area contributed by atoms with Gasteiger partial charge >= 0.3 is 0 Å². The molecule has 1 amide bonds. The van der Waals surface area contributed by atoms with Crippen LogP contribution in [0.25, 0.3) is 10.9 Å². The summed E-state index contributed by atoms with van der Waals surface area (Å²) in [5.41, 5.74) is 3.88. The molecule has 5 rings (SSSR count). The number of rotatable bonds is 7. The molecule has 34 heavy (non-hydrogen) atoms. The van der Waals surface area contributed by atoms with E-state index in [0.29, 0.717) is 34.7 Å². The molecule has 0 saturated carbocycles. The van der Waals surface area contributed by atoms with Crippen molar-refractivity contribution in [2.24, 2.45) is 0 Å². The number of aromatic nitrogens is 4. The van der Waals surface area contributed by atoms with Crippen LogP contribution in [0.2, 0.25) is 0 Å². The number of carbonyl (C=O) groups is 1. The summed E-state index contributed by atoms with van der Waals surface area (Å²) in [6, 6.07) is 15.1. The maximum atomic E-state index is 13.8. The Kier molecular flexibility index (Phi) is 6.02. The van der Waals surface area contributed by atoms with Gasteiger partial charge in [0.15, 0.2) is 0 Å². The molecule has 0 saturated heterocycles. The highest BCUT2D eigenvalue weighted by Gasteiger charge is 2.36. The number of ether oxygens (including phenoxy) is 1. The molecule has 1 atom stereocenters. The summed E-state index contributed by atoms with van der Waals surface area (Å²) in [5, 5.41) is 12.8. The van der Waals surface area contributed by atoms with Gasteiger partial charge in [0.1, 0.15) is 11.8 Å². The lowest BCUT2D eigenvalue weighted by molar-refractivity contribution is -0.113. The van der Waals surface area contributed by atoms with Crippen molar-refractivity contribution in [3.05, 3.63) is 71.6 Å². The van der Waals surface area contributed by atoms with Crippen molar-refractivity contribution in [3.63, 3.8) is 0 Å². The Morgan fingerprint density at radius 3 is 2.79 bits per heavy atom. The third-order valence-electron chi connectivity index (χ3n) is 5.70. The van der Waals surface area contributed by atoms with Crippen molar-refractivity contribution >= 4 is 40.2 Å². The van der Waals surface area contributed by atoms with E-state index in [9.17, 15) is 4.79 Å². The molecule has 1 aliphatic heterocycles. The van der Waals surface area contributed by atoms with Gasteiger partial charge in [0.2, 0.25) is 11.1 Å². The average molecular weight is 475 g/mol. The Bertz CT molecular complexity index is 1390. The van der Waals surface area contributed by atoms with E-state index in [0.717, 1.165) is 27.9 Å². The van der Waals surface area contributed by atoms with Crippen molar-refractivity contribution in [1.82, 2.24) is 19.7 Å². The summed E-state index contributed by atoms with van der Waals surface area (Å²) in [4.78, 5) is 21.8. The van der Waals surface area contributed by atoms with E-state index in [1.807, 2.05) is 67.2 Å². The minimum absolute atomic E-state index is 0.224. The molecule has 1 unspecified atom stereocenters. The number of hydrogen-bond donors (Lipinski definition) is 3. The number of aromatic amines is 1. The van der Waals surface area contributed by atoms with E-state index >= 15 is 0 Å². The first-order valence-corrected chi connectivity index (χ1v) is 12.3. The van der Waals surface area contributed by atoms with Gasteiger partial charge in [-0.15, -0.1) is 5.10 Å². The van der Waals surface area contributed by atoms with Crippen LogP contribution >= 0.6 is 11.8 Å². The summed E-state index contributed by atoms with van der Waals surface area (Å²) in [7, 11) is 0. The predicted molar refractivity (Wildman–Crippen MR) is 135 cm³/mol. The van der Waals surface area contributed by atoms with Gasteiger partial charge in [0, 0.05) is 28.4 Å². The Morgan fingerprint density at radius 2 is 1.97 bits per heavy atom. The quantitative estimate of drug-likeness (QED) is 0.319. The highest BCUT2D eigenvalue weighted by atomic mass is 32.2. The predicted octanol–water partition coefficient (Wildman–Crippen LogP) is 5.20. The van der Waals surface area contributed by atoms with Crippen molar-refractivity contribution in [1.29, 1.82) is 0 Å². The SMILES string of the molecule is CCOc1ccccc1NC(=O)C1=C(C)Nc2nc(SCC)nn2C1c1c[nH]c2ccccc12. The molecule has 0 fully saturated rings. The Hall–Kier alpha value is -3.72. The Balaban J connectivity index is 1.61. The van der Waals surface area contributed by atoms with Crippen LogP contribution in [-0.2, 0) is 4.79 Å². The molecular formula is C25H26N6O2S. The molecule has 0 bridgehead atoms. The standard InChI is InChI=1S/C25H26N6O2S/c1-4-33-20-13-9-8-12-19(20)28-23(32)21-15(3)27-24-29-25(34-5-2)30-31(24)22(21)17-14-26-18-11-7-6-10-16(17)18/h6-14,22,26H,4-5H2,1-3H3,(H,28,32)(H,27,29,30). The first-order valence-electron chi connectivity index (χ1n) is 11.3. The minimum atomic E-state index is -0.453. The maximum absolute atomic E-state index is 13.8. The number of nitrogens with zero attached hydrogens (tertiary/aromatic N) is 3. The number of carbonyl (C=O) groups excluding carboxylic acids is 1. The summed E-state index contributed by atoms with van der Waals surface area (Å²) >= 11 is 1.57. The second kappa shape index (κ2) is 9.26. The van der Waals surface area contributed by atoms with Gasteiger partial charge in [-0.05, 0) is 37.8 Å². The van der Waals surface area contributed by atoms with Gasteiger partial charge in [-0.1, -0.05) is 49.0 Å². The third kappa shape index (κ3) is 3.92. The number of thioether (sulfide) groups is 1. The van der Waals surface area contributed by atoms with Gasteiger partial charge in [0.25, 0.3) is 5.91 Å². The van der Waals surface area contributed by atoms with E-state index in [-0.39, 0.29) is 5.91 Å². The van der Waals surface area contributed by atoms with Crippen LogP contribution in [0.5, 0.6) is 5.75 Å². The number of anilines is 2. The number of H-pyrrole nitrogens is 1. The molecule has 4 aromatic rings. The highest BCUT2D eigenvalue weighted by Crippen LogP contribution is 2.39. The van der Waals surface area contributed by atoms with Crippen LogP contribution in [0, 0.1) is 0 Å². The van der Waals surface area contributed by atoms with Crippen molar-refractivity contribution in [2.75, 3.05) is 23.0 Å². The topological polar surface area (TPSA) is 96.9 Å². The minimum Gasteiger partial charge on any atom is -0.492 e. The van der Waals surface area contributed by atoms with Crippen LogP contribution in [0.1, 0.15) is 32.4 Å². The fourth-order valence-corrected chi connectivity index (χ4v) is 4.82. The summed E-state index contributed by atoms with van der Waals surface area (Å²) < 4.78 is 7.52. The summed E-state index contributed by atoms with van der Waals surface area (Å²) in [6.07, 6.45) is 1.95. The van der Waals surface area contributed by atoms with Gasteiger partial charge in [-0.2, -0.15) is 4.98 Å². The highest BCUT2D eigenvalue weighted by molar-refractivity contribution is 7.99. The Morgan fingerprint density at radius 1 is 1.18 bits per heavy atom. The van der Waals surface area contributed by atoms with E-state index in [4.69, 9.17) is 9.84 Å². The molecule has 3 N–H and O–H groups in total. The van der Waals surface area contributed by atoms with Crippen LogP contribution in [-0.4, -0.2) is 38.0 Å². The number of para-hydroxylation sites is 3. The fraction of sp³-hybridized carbons (Fsp3) is 0.240. The van der Waals surface area contributed by atoms with E-state index in [1.165, 1.54) is 0 Å². The zero-order chi connectivity index (χ0) is 23.7. The number of nitrogens with one attached hydrogen (secondary N) is 3. The number of benzene rings is 2. The molecule has 174 valence electrons. The normalized spacial score (nSPS) is 15.2. The van der Waals surface area contributed by atoms with Gasteiger partial charge in [-0.25, -0.2) is 4.68 Å². The molecule has 0 spiro atoms. The van der Waals surface area contributed by atoms with Crippen LogP contribution < -0.4 is 15.4 Å². The zero-order valence-corrected chi connectivity index (χ0v) is 20.1. The first-order chi connectivity index (χ1) is 16.6. The van der Waals surface area contributed by atoms with Gasteiger partial charge in [0.05, 0.1) is 17.9 Å². The van der Waals surface area contributed by atoms with Crippen molar-refractivity contribution in [3.8, 4) is 5.75 Å². The monoisotopic (exact) mass is 474 g/mol. The van der Waals surface area contributed by atoms with E-state index in [2.05, 4.69) is 33.6 Å². The van der Waals surface area contributed by atoms with Crippen molar-refractivity contribution < 1.29 is 9.53 Å². The fourth-order valence-electron chi connectivity index (χ4n) is 4.26. The lowest BCUT2D eigenvalue weighted by Crippen LogP contribution is -2.31. The second-order valence-electron chi connectivity index (χ2n) is 7.83. The zero-order valence-electron chi connectivity index (χ0n) is 19.3. The Labute approximate surface area is 201 Å². The lowest BCUT2D eigenvalue weighted by Gasteiger charge is -2.28. The van der Waals surface area contributed by atoms with Crippen molar-refractivity contribution in [2.45, 2.75) is 32.0 Å². The number of hydrogen-bond acceptors (Lipinski definition) is 6. The first kappa shape index (κ1) is 22.1. The largest absolute Gasteiger partial charge is 0.492 e. The molecule has 2 aromatic carbocycles. The van der Waals surface area contributed by atoms with Crippen LogP contribution in [0.3, 0.4) is 0 Å². The molecule has 1 aliphatic rings. The van der Waals surface area contributed by atoms with Gasteiger partial charge in [-0.3, -0.25) is 4.79 Å². The number of amides is 1. The smallest absolute Gasteiger partial charge is 0.255 e. The second-order valence-corrected chi connectivity index (χ2v) is 9.07. The van der Waals surface area contributed by atoms with Crippen LogP contribution in [0.15, 0.2) is 71.2 Å².